The lowest BCUT2D eigenvalue weighted by Gasteiger charge is -2.09. The highest BCUT2D eigenvalue weighted by Gasteiger charge is 2.30. The highest BCUT2D eigenvalue weighted by molar-refractivity contribution is 9.10. The van der Waals surface area contributed by atoms with Gasteiger partial charge < -0.3 is 9.47 Å². The number of rotatable bonds is 5. The van der Waals surface area contributed by atoms with E-state index < -0.39 is 6.36 Å². The molecule has 0 aliphatic heterocycles. The van der Waals surface area contributed by atoms with Crippen LogP contribution in [0.25, 0.3) is 0 Å². The molecular formula is C13H8BrF3O3S. The zero-order valence-corrected chi connectivity index (χ0v) is 12.7. The molecule has 0 unspecified atom stereocenters. The normalized spacial score (nSPS) is 11.2. The molecule has 1 aromatic heterocycles. The van der Waals surface area contributed by atoms with Crippen LogP contribution in [0.4, 0.5) is 13.2 Å². The number of thiophene rings is 1. The Kier molecular flexibility index (Phi) is 4.89. The van der Waals surface area contributed by atoms with E-state index in [0.717, 1.165) is 12.1 Å². The molecule has 0 bridgehead atoms. The molecule has 1 aromatic carbocycles. The third-order valence-corrected chi connectivity index (χ3v) is 4.18. The molecule has 0 atom stereocenters. The Balaban J connectivity index is 1.92. The number of Topliss-reactive ketones (excluding diaryl/α,β-unsaturated/α-hetero) is 1. The van der Waals surface area contributed by atoms with Crippen LogP contribution in [0.1, 0.15) is 9.67 Å². The molecule has 0 N–H and O–H groups in total. The molecule has 21 heavy (non-hydrogen) atoms. The van der Waals surface area contributed by atoms with E-state index in [2.05, 4.69) is 20.7 Å². The molecule has 112 valence electrons. The van der Waals surface area contributed by atoms with Crippen LogP contribution < -0.4 is 9.47 Å². The van der Waals surface area contributed by atoms with Crippen molar-refractivity contribution in [3.63, 3.8) is 0 Å². The van der Waals surface area contributed by atoms with Gasteiger partial charge in [0.05, 0.1) is 4.88 Å². The molecule has 2 aromatic rings. The van der Waals surface area contributed by atoms with Crippen LogP contribution in [0, 0.1) is 0 Å². The first-order valence-electron chi connectivity index (χ1n) is 5.60. The maximum absolute atomic E-state index is 12.0. The number of halogens is 4. The van der Waals surface area contributed by atoms with Gasteiger partial charge >= 0.3 is 6.36 Å². The fourth-order valence-corrected chi connectivity index (χ4v) is 2.96. The summed E-state index contributed by atoms with van der Waals surface area (Å²) in [7, 11) is 0. The highest BCUT2D eigenvalue weighted by Crippen LogP contribution is 2.26. The Morgan fingerprint density at radius 2 is 1.76 bits per heavy atom. The minimum atomic E-state index is -4.73. The average molecular weight is 381 g/mol. The molecule has 8 heteroatoms. The maximum Gasteiger partial charge on any atom is 0.573 e. The van der Waals surface area contributed by atoms with Crippen LogP contribution in [0.2, 0.25) is 0 Å². The third kappa shape index (κ3) is 4.75. The van der Waals surface area contributed by atoms with Crippen LogP contribution >= 0.6 is 27.3 Å². The summed E-state index contributed by atoms with van der Waals surface area (Å²) in [4.78, 5) is 12.4. The number of carbonyl (C=O) groups is 1. The van der Waals surface area contributed by atoms with Gasteiger partial charge in [-0.3, -0.25) is 4.79 Å². The van der Waals surface area contributed by atoms with Crippen molar-refractivity contribution in [2.45, 2.75) is 6.36 Å². The minimum Gasteiger partial charge on any atom is -0.485 e. The molecule has 0 saturated heterocycles. The van der Waals surface area contributed by atoms with E-state index in [4.69, 9.17) is 4.74 Å². The third-order valence-electron chi connectivity index (χ3n) is 2.30. The van der Waals surface area contributed by atoms with E-state index >= 15 is 0 Å². The first-order valence-corrected chi connectivity index (χ1v) is 7.27. The van der Waals surface area contributed by atoms with Gasteiger partial charge in [-0.1, -0.05) is 0 Å². The summed E-state index contributed by atoms with van der Waals surface area (Å²) in [6.45, 7) is -0.196. The number of alkyl halides is 3. The van der Waals surface area contributed by atoms with Crippen molar-refractivity contribution < 1.29 is 27.4 Å². The Morgan fingerprint density at radius 1 is 1.14 bits per heavy atom. The minimum absolute atomic E-state index is 0.196. The fraction of sp³-hybridized carbons (Fsp3) is 0.154. The zero-order chi connectivity index (χ0) is 15.5. The van der Waals surface area contributed by atoms with Gasteiger partial charge in [0, 0.05) is 4.47 Å². The molecule has 0 amide bonds. The average Bonchev–Trinajstić information content (AvgIpc) is 2.82. The number of carbonyl (C=O) groups excluding carboxylic acids is 1. The van der Waals surface area contributed by atoms with Crippen molar-refractivity contribution in [3.05, 3.63) is 45.1 Å². The quantitative estimate of drug-likeness (QED) is 0.707. The topological polar surface area (TPSA) is 35.5 Å². The van der Waals surface area contributed by atoms with Crippen LogP contribution in [-0.4, -0.2) is 18.8 Å². The SMILES string of the molecule is O=C(COc1ccc(OC(F)(F)F)cc1)c1sccc1Br. The van der Waals surface area contributed by atoms with Crippen LogP contribution in [0.15, 0.2) is 40.2 Å². The van der Waals surface area contributed by atoms with Crippen molar-refractivity contribution in [2.75, 3.05) is 6.61 Å². The second-order valence-corrected chi connectivity index (χ2v) is 5.60. The Labute approximate surface area is 130 Å². The smallest absolute Gasteiger partial charge is 0.485 e. The zero-order valence-electron chi connectivity index (χ0n) is 10.3. The molecule has 2 rings (SSSR count). The highest BCUT2D eigenvalue weighted by atomic mass is 79.9. The number of hydrogen-bond donors (Lipinski definition) is 0. The van der Waals surface area contributed by atoms with Crippen LogP contribution in [0.3, 0.4) is 0 Å². The molecule has 0 spiro atoms. The standard InChI is InChI=1S/C13H8BrF3O3S/c14-10-5-6-21-12(10)11(18)7-19-8-1-3-9(4-2-8)20-13(15,16)17/h1-6H,7H2. The van der Waals surface area contributed by atoms with E-state index in [1.165, 1.54) is 23.5 Å². The largest absolute Gasteiger partial charge is 0.573 e. The Hall–Kier alpha value is -1.54. The van der Waals surface area contributed by atoms with Gasteiger partial charge in [-0.15, -0.1) is 24.5 Å². The van der Waals surface area contributed by atoms with Gasteiger partial charge in [0.25, 0.3) is 0 Å². The van der Waals surface area contributed by atoms with Crippen molar-refractivity contribution in [1.82, 2.24) is 0 Å². The number of hydrogen-bond acceptors (Lipinski definition) is 4. The van der Waals surface area contributed by atoms with E-state index in [1.807, 2.05) is 0 Å². The Morgan fingerprint density at radius 3 is 2.29 bits per heavy atom. The summed E-state index contributed by atoms with van der Waals surface area (Å²) in [6.07, 6.45) is -4.73. The van der Waals surface area contributed by atoms with E-state index in [1.54, 1.807) is 11.4 Å². The van der Waals surface area contributed by atoms with Crippen molar-refractivity contribution in [3.8, 4) is 11.5 Å². The van der Waals surface area contributed by atoms with Gasteiger partial charge in [-0.2, -0.15) is 0 Å². The van der Waals surface area contributed by atoms with Gasteiger partial charge in [0.2, 0.25) is 5.78 Å². The lowest BCUT2D eigenvalue weighted by molar-refractivity contribution is -0.274. The number of ketones is 1. The Bertz CT molecular complexity index is 622. The van der Waals surface area contributed by atoms with Crippen molar-refractivity contribution in [1.29, 1.82) is 0 Å². The number of benzene rings is 1. The summed E-state index contributed by atoms with van der Waals surface area (Å²) in [5, 5.41) is 1.76. The maximum atomic E-state index is 12.0. The second kappa shape index (κ2) is 6.48. The van der Waals surface area contributed by atoms with Gasteiger partial charge in [0.1, 0.15) is 11.5 Å². The molecule has 0 aliphatic rings. The first-order chi connectivity index (χ1) is 9.85. The predicted molar refractivity (Wildman–Crippen MR) is 75.0 cm³/mol. The fourth-order valence-electron chi connectivity index (χ4n) is 1.44. The number of ether oxygens (including phenoxy) is 2. The van der Waals surface area contributed by atoms with E-state index in [0.29, 0.717) is 9.35 Å². The summed E-state index contributed by atoms with van der Waals surface area (Å²) in [6, 6.07) is 6.60. The van der Waals surface area contributed by atoms with Crippen molar-refractivity contribution in [2.24, 2.45) is 0 Å². The summed E-state index contributed by atoms with van der Waals surface area (Å²) < 4.78 is 45.6. The first kappa shape index (κ1) is 15.8. The van der Waals surface area contributed by atoms with Gasteiger partial charge in [-0.05, 0) is 51.6 Å². The molecule has 0 radical (unpaired) electrons. The van der Waals surface area contributed by atoms with E-state index in [-0.39, 0.29) is 23.9 Å². The van der Waals surface area contributed by atoms with Crippen LogP contribution in [-0.2, 0) is 0 Å². The van der Waals surface area contributed by atoms with Gasteiger partial charge in [-0.25, -0.2) is 0 Å². The second-order valence-electron chi connectivity index (χ2n) is 3.83. The molecule has 0 aliphatic carbocycles. The van der Waals surface area contributed by atoms with Crippen molar-refractivity contribution >= 4 is 33.0 Å². The summed E-state index contributed by atoms with van der Waals surface area (Å²) >= 11 is 4.52. The van der Waals surface area contributed by atoms with E-state index in [9.17, 15) is 18.0 Å². The molecule has 0 saturated carbocycles. The summed E-state index contributed by atoms with van der Waals surface area (Å²) in [5.74, 6) is -0.278. The van der Waals surface area contributed by atoms with Crippen LogP contribution in [0.5, 0.6) is 11.5 Å². The lowest BCUT2D eigenvalue weighted by atomic mass is 10.3. The lowest BCUT2D eigenvalue weighted by Crippen LogP contribution is -2.17. The molecule has 0 fully saturated rings. The summed E-state index contributed by atoms with van der Waals surface area (Å²) in [5.41, 5.74) is 0. The van der Waals surface area contributed by atoms with Gasteiger partial charge in [0.15, 0.2) is 6.61 Å². The molecular weight excluding hydrogens is 373 g/mol. The molecule has 3 nitrogen and oxygen atoms in total. The predicted octanol–water partition coefficient (Wildman–Crippen LogP) is 4.67. The molecule has 1 heterocycles. The monoisotopic (exact) mass is 380 g/mol.